The number of H-pyrrole nitrogens is 1. The second-order valence-corrected chi connectivity index (χ2v) is 8.29. The third kappa shape index (κ3) is 3.27. The fraction of sp³-hybridized carbons (Fsp3) is 0.273. The first-order valence-electron chi connectivity index (χ1n) is 9.37. The van der Waals surface area contributed by atoms with Gasteiger partial charge in [0.15, 0.2) is 0 Å². The summed E-state index contributed by atoms with van der Waals surface area (Å²) in [6.07, 6.45) is 2.73. The Morgan fingerprint density at radius 1 is 1.21 bits per heavy atom. The second-order valence-electron chi connectivity index (χ2n) is 7.85. The van der Waals surface area contributed by atoms with Gasteiger partial charge in [0.05, 0.1) is 10.6 Å². The number of aryl methyl sites for hydroxylation is 1. The van der Waals surface area contributed by atoms with Crippen molar-refractivity contribution in [2.75, 3.05) is 5.32 Å². The molecule has 0 amide bonds. The molecule has 0 fully saturated rings. The number of aromatic nitrogens is 3. The molecule has 28 heavy (non-hydrogen) atoms. The molecule has 0 radical (unpaired) electrons. The molecule has 0 aliphatic heterocycles. The van der Waals surface area contributed by atoms with Crippen molar-refractivity contribution in [1.82, 2.24) is 14.4 Å². The average molecular weight is 395 g/mol. The van der Waals surface area contributed by atoms with Crippen LogP contribution in [-0.2, 0) is 0 Å². The number of hydrogen-bond donors (Lipinski definition) is 2. The zero-order valence-electron chi connectivity index (χ0n) is 16.4. The van der Waals surface area contributed by atoms with Gasteiger partial charge in [0.2, 0.25) is 0 Å². The van der Waals surface area contributed by atoms with Crippen molar-refractivity contribution < 1.29 is 0 Å². The maximum atomic E-state index is 12.9. The highest BCUT2D eigenvalue weighted by Gasteiger charge is 2.23. The first-order valence-corrected chi connectivity index (χ1v) is 9.75. The van der Waals surface area contributed by atoms with E-state index in [0.717, 1.165) is 34.4 Å². The highest BCUT2D eigenvalue weighted by atomic mass is 35.5. The van der Waals surface area contributed by atoms with Crippen molar-refractivity contribution in [2.24, 2.45) is 0 Å². The lowest BCUT2D eigenvalue weighted by Crippen LogP contribution is -2.30. The van der Waals surface area contributed by atoms with Crippen LogP contribution in [-0.4, -0.2) is 19.9 Å². The Hall–Kier alpha value is -2.79. The molecule has 3 aromatic heterocycles. The number of hydrogen-bond acceptors (Lipinski definition) is 3. The van der Waals surface area contributed by atoms with E-state index in [4.69, 9.17) is 16.6 Å². The molecule has 0 spiro atoms. The lowest BCUT2D eigenvalue weighted by atomic mass is 10.0. The van der Waals surface area contributed by atoms with Crippen LogP contribution in [0.2, 0.25) is 5.02 Å². The van der Waals surface area contributed by atoms with Gasteiger partial charge in [0.25, 0.3) is 5.56 Å². The van der Waals surface area contributed by atoms with Crippen LogP contribution in [0.3, 0.4) is 0 Å². The summed E-state index contributed by atoms with van der Waals surface area (Å²) in [6, 6.07) is 11.5. The molecule has 0 bridgehead atoms. The molecule has 0 atom stereocenters. The predicted octanol–water partition coefficient (Wildman–Crippen LogP) is 5.41. The Balaban J connectivity index is 2.01. The molecule has 1 aromatic carbocycles. The van der Waals surface area contributed by atoms with Crippen LogP contribution in [0.4, 0.5) is 5.82 Å². The largest absolute Gasteiger partial charge is 0.364 e. The van der Waals surface area contributed by atoms with Crippen LogP contribution in [0.5, 0.6) is 0 Å². The van der Waals surface area contributed by atoms with Crippen LogP contribution in [0.1, 0.15) is 32.8 Å². The topological polar surface area (TPSA) is 62.2 Å². The van der Waals surface area contributed by atoms with Crippen LogP contribution in [0.25, 0.3) is 27.8 Å². The minimum Gasteiger partial charge on any atom is -0.364 e. The Morgan fingerprint density at radius 2 is 2.00 bits per heavy atom. The van der Waals surface area contributed by atoms with E-state index in [-0.39, 0.29) is 11.1 Å². The molecule has 4 aromatic rings. The van der Waals surface area contributed by atoms with Gasteiger partial charge < -0.3 is 10.3 Å². The first kappa shape index (κ1) is 18.6. The van der Waals surface area contributed by atoms with Gasteiger partial charge in [-0.3, -0.25) is 9.20 Å². The number of benzene rings is 1. The number of rotatable bonds is 4. The van der Waals surface area contributed by atoms with Gasteiger partial charge in [-0.15, -0.1) is 0 Å². The predicted molar refractivity (Wildman–Crippen MR) is 116 cm³/mol. The summed E-state index contributed by atoms with van der Waals surface area (Å²) in [7, 11) is 0. The summed E-state index contributed by atoms with van der Waals surface area (Å²) in [5.41, 5.74) is 3.50. The maximum Gasteiger partial charge on any atom is 0.258 e. The SMILES string of the molecule is CCC(C)(C)Nc1c(-c2cc3cc(C)ccc3[nH]c2=O)nc2ccc(Cl)cn12. The summed E-state index contributed by atoms with van der Waals surface area (Å²) in [5.74, 6) is 0.766. The molecule has 3 heterocycles. The van der Waals surface area contributed by atoms with Gasteiger partial charge in [0, 0.05) is 17.3 Å². The fourth-order valence-electron chi connectivity index (χ4n) is 3.24. The van der Waals surface area contributed by atoms with Gasteiger partial charge in [0.1, 0.15) is 17.2 Å². The highest BCUT2D eigenvalue weighted by molar-refractivity contribution is 6.30. The number of anilines is 1. The monoisotopic (exact) mass is 394 g/mol. The van der Waals surface area contributed by atoms with Gasteiger partial charge in [-0.2, -0.15) is 0 Å². The third-order valence-corrected chi connectivity index (χ3v) is 5.40. The molecule has 2 N–H and O–H groups in total. The van der Waals surface area contributed by atoms with Crippen molar-refractivity contribution in [3.05, 3.63) is 63.5 Å². The Kier molecular flexibility index (Phi) is 4.42. The normalized spacial score (nSPS) is 12.0. The highest BCUT2D eigenvalue weighted by Crippen LogP contribution is 2.32. The quantitative estimate of drug-likeness (QED) is 0.486. The average Bonchev–Trinajstić information content (AvgIpc) is 2.98. The molecular weight excluding hydrogens is 372 g/mol. The van der Waals surface area contributed by atoms with Crippen molar-refractivity contribution in [1.29, 1.82) is 0 Å². The number of imidazole rings is 1. The van der Waals surface area contributed by atoms with Crippen LogP contribution in [0, 0.1) is 6.92 Å². The lowest BCUT2D eigenvalue weighted by Gasteiger charge is -2.26. The van der Waals surface area contributed by atoms with E-state index in [1.807, 2.05) is 41.8 Å². The van der Waals surface area contributed by atoms with E-state index in [2.05, 4.69) is 37.1 Å². The molecule has 6 heteroatoms. The van der Waals surface area contributed by atoms with Gasteiger partial charge in [-0.05, 0) is 62.9 Å². The van der Waals surface area contributed by atoms with E-state index in [1.165, 1.54) is 0 Å². The molecule has 0 saturated heterocycles. The molecule has 5 nitrogen and oxygen atoms in total. The van der Waals surface area contributed by atoms with Crippen molar-refractivity contribution in [2.45, 2.75) is 39.7 Å². The molecule has 0 aliphatic rings. The van der Waals surface area contributed by atoms with Crippen molar-refractivity contribution >= 4 is 34.0 Å². The minimum absolute atomic E-state index is 0.164. The summed E-state index contributed by atoms with van der Waals surface area (Å²) in [5, 5.41) is 5.15. The number of aromatic amines is 1. The number of pyridine rings is 2. The van der Waals surface area contributed by atoms with Gasteiger partial charge >= 0.3 is 0 Å². The van der Waals surface area contributed by atoms with Gasteiger partial charge in [-0.1, -0.05) is 30.2 Å². The number of fused-ring (bicyclic) bond motifs is 2. The standard InChI is InChI=1S/C22H23ClN4O/c1-5-22(3,4)26-20-19(25-18-9-7-15(23)12-27(18)20)16-11-14-10-13(2)6-8-17(14)24-21(16)28/h6-12,26H,5H2,1-4H3,(H,24,28). The van der Waals surface area contributed by atoms with E-state index in [0.29, 0.717) is 16.3 Å². The summed E-state index contributed by atoms with van der Waals surface area (Å²) in [4.78, 5) is 20.6. The molecular formula is C22H23ClN4O. The van der Waals surface area contributed by atoms with Crippen molar-refractivity contribution in [3.63, 3.8) is 0 Å². The van der Waals surface area contributed by atoms with E-state index < -0.39 is 0 Å². The van der Waals surface area contributed by atoms with Gasteiger partial charge in [-0.25, -0.2) is 4.98 Å². The molecule has 0 saturated carbocycles. The number of nitrogens with one attached hydrogen (secondary N) is 2. The summed E-state index contributed by atoms with van der Waals surface area (Å²) < 4.78 is 1.91. The zero-order valence-corrected chi connectivity index (χ0v) is 17.2. The van der Waals surface area contributed by atoms with Crippen LogP contribution in [0.15, 0.2) is 47.4 Å². The molecule has 4 rings (SSSR count). The van der Waals surface area contributed by atoms with Crippen LogP contribution < -0.4 is 10.9 Å². The smallest absolute Gasteiger partial charge is 0.258 e. The summed E-state index contributed by atoms with van der Waals surface area (Å²) in [6.45, 7) is 8.39. The third-order valence-electron chi connectivity index (χ3n) is 5.18. The maximum absolute atomic E-state index is 12.9. The molecule has 0 unspecified atom stereocenters. The lowest BCUT2D eigenvalue weighted by molar-refractivity contribution is 0.544. The second kappa shape index (κ2) is 6.67. The fourth-order valence-corrected chi connectivity index (χ4v) is 3.40. The van der Waals surface area contributed by atoms with Crippen molar-refractivity contribution in [3.8, 4) is 11.3 Å². The molecule has 0 aliphatic carbocycles. The minimum atomic E-state index is -0.173. The van der Waals surface area contributed by atoms with E-state index in [9.17, 15) is 4.79 Å². The van der Waals surface area contributed by atoms with Crippen LogP contribution >= 0.6 is 11.6 Å². The number of halogens is 1. The first-order chi connectivity index (χ1) is 13.3. The zero-order chi connectivity index (χ0) is 20.1. The Labute approximate surface area is 168 Å². The summed E-state index contributed by atoms with van der Waals surface area (Å²) >= 11 is 6.23. The van der Waals surface area contributed by atoms with E-state index >= 15 is 0 Å². The van der Waals surface area contributed by atoms with E-state index in [1.54, 1.807) is 6.07 Å². The Bertz CT molecular complexity index is 1250. The number of nitrogens with zero attached hydrogens (tertiary/aromatic N) is 2. The Morgan fingerprint density at radius 3 is 2.75 bits per heavy atom. The molecule has 144 valence electrons.